The van der Waals surface area contributed by atoms with E-state index in [4.69, 9.17) is 11.5 Å². The Labute approximate surface area is 210 Å². The van der Waals surface area contributed by atoms with Crippen LogP contribution in [0.3, 0.4) is 0 Å². The Kier molecular flexibility index (Phi) is 13.4. The Hall–Kier alpha value is -3.22. The molecule has 202 valence electrons. The molecule has 36 heavy (non-hydrogen) atoms. The molecule has 12 heteroatoms. The van der Waals surface area contributed by atoms with E-state index in [0.29, 0.717) is 37.8 Å². The number of rotatable bonds is 16. The topological polar surface area (TPSA) is 217 Å². The van der Waals surface area contributed by atoms with Crippen LogP contribution in [0.2, 0.25) is 0 Å². The number of carboxylic acids is 1. The molecular weight excluding hydrogens is 470 g/mol. The summed E-state index contributed by atoms with van der Waals surface area (Å²) in [6.45, 7) is 3.27. The predicted octanol–water partition coefficient (Wildman–Crippen LogP) is -1.03. The first-order chi connectivity index (χ1) is 17.0. The third-order valence-corrected chi connectivity index (χ3v) is 5.91. The highest BCUT2D eigenvalue weighted by Crippen LogP contribution is 2.12. The van der Waals surface area contributed by atoms with Crippen molar-refractivity contribution in [1.29, 1.82) is 0 Å². The molecule has 1 aromatic carbocycles. The predicted molar refractivity (Wildman–Crippen MR) is 133 cm³/mol. The molecule has 0 aliphatic heterocycles. The summed E-state index contributed by atoms with van der Waals surface area (Å²) >= 11 is 0. The molecule has 0 heterocycles. The quantitative estimate of drug-likeness (QED) is 0.128. The van der Waals surface area contributed by atoms with E-state index >= 15 is 0 Å². The van der Waals surface area contributed by atoms with Gasteiger partial charge in [0.15, 0.2) is 0 Å². The third-order valence-electron chi connectivity index (χ3n) is 5.91. The van der Waals surface area contributed by atoms with Crippen molar-refractivity contribution >= 4 is 23.7 Å². The summed E-state index contributed by atoms with van der Waals surface area (Å²) < 4.78 is 0. The molecule has 1 aromatic rings. The van der Waals surface area contributed by atoms with Gasteiger partial charge in [-0.25, -0.2) is 4.79 Å². The van der Waals surface area contributed by atoms with Crippen molar-refractivity contribution in [3.63, 3.8) is 0 Å². The zero-order valence-corrected chi connectivity index (χ0v) is 20.8. The average molecular weight is 510 g/mol. The van der Waals surface area contributed by atoms with Gasteiger partial charge in [0.1, 0.15) is 23.9 Å². The zero-order chi connectivity index (χ0) is 27.3. The number of aliphatic carboxylic acids is 1. The second kappa shape index (κ2) is 15.7. The Morgan fingerprint density at radius 1 is 0.944 bits per heavy atom. The lowest BCUT2D eigenvalue weighted by Crippen LogP contribution is -2.59. The molecule has 0 saturated carbocycles. The summed E-state index contributed by atoms with van der Waals surface area (Å²) in [5.74, 6) is -3.73. The number of aliphatic hydroxyl groups excluding tert-OH is 1. The molecule has 3 amide bonds. The molecule has 0 spiro atoms. The average Bonchev–Trinajstić information content (AvgIpc) is 2.85. The van der Waals surface area contributed by atoms with Gasteiger partial charge >= 0.3 is 5.97 Å². The van der Waals surface area contributed by atoms with Gasteiger partial charge in [0, 0.05) is 6.42 Å². The number of hydrogen-bond donors (Lipinski definition) is 8. The van der Waals surface area contributed by atoms with Crippen LogP contribution in [-0.4, -0.2) is 76.3 Å². The van der Waals surface area contributed by atoms with Gasteiger partial charge in [-0.15, -0.1) is 0 Å². The molecule has 0 fully saturated rings. The van der Waals surface area contributed by atoms with Crippen LogP contribution in [0, 0.1) is 5.92 Å². The monoisotopic (exact) mass is 509 g/mol. The van der Waals surface area contributed by atoms with E-state index in [2.05, 4.69) is 16.0 Å². The number of phenolic OH excluding ortho intramolecular Hbond substituents is 1. The number of phenols is 1. The molecule has 0 radical (unpaired) electrons. The summed E-state index contributed by atoms with van der Waals surface area (Å²) in [4.78, 5) is 49.9. The first kappa shape index (κ1) is 30.8. The zero-order valence-electron chi connectivity index (χ0n) is 20.8. The standard InChI is InChI=1S/C24H39N5O7/c1-3-14(2)20(29-21(32)17(26)6-4-5-11-25)23(34)28-19(13-30)22(33)27-18(24(35)36)12-15-7-9-16(31)10-8-15/h7-10,14,17-20,30-31H,3-6,11-13,25-26H2,1-2H3,(H,27,33)(H,28,34)(H,29,32)(H,35,36). The number of carbonyl (C=O) groups excluding carboxylic acids is 3. The van der Waals surface area contributed by atoms with Gasteiger partial charge in [0.05, 0.1) is 12.6 Å². The van der Waals surface area contributed by atoms with Gasteiger partial charge in [-0.1, -0.05) is 38.8 Å². The number of aliphatic hydroxyl groups is 1. The second-order valence-corrected chi connectivity index (χ2v) is 8.78. The van der Waals surface area contributed by atoms with Gasteiger partial charge in [-0.2, -0.15) is 0 Å². The smallest absolute Gasteiger partial charge is 0.326 e. The van der Waals surface area contributed by atoms with Crippen LogP contribution in [0.4, 0.5) is 0 Å². The lowest BCUT2D eigenvalue weighted by atomic mass is 9.97. The molecule has 0 saturated heterocycles. The fourth-order valence-corrected chi connectivity index (χ4v) is 3.40. The molecule has 0 aliphatic carbocycles. The molecule has 1 rings (SSSR count). The van der Waals surface area contributed by atoms with Gasteiger partial charge < -0.3 is 42.7 Å². The van der Waals surface area contributed by atoms with E-state index in [1.807, 2.05) is 6.92 Å². The molecule has 5 unspecified atom stereocenters. The summed E-state index contributed by atoms with van der Waals surface area (Å²) in [6, 6.07) is 1.18. The maximum absolute atomic E-state index is 13.0. The van der Waals surface area contributed by atoms with Crippen molar-refractivity contribution in [2.24, 2.45) is 17.4 Å². The summed E-state index contributed by atoms with van der Waals surface area (Å²) in [5, 5.41) is 35.9. The number of hydrogen-bond acceptors (Lipinski definition) is 8. The van der Waals surface area contributed by atoms with Crippen LogP contribution >= 0.6 is 0 Å². The van der Waals surface area contributed by atoms with Gasteiger partial charge in [-0.3, -0.25) is 14.4 Å². The molecule has 10 N–H and O–H groups in total. The van der Waals surface area contributed by atoms with Crippen molar-refractivity contribution in [1.82, 2.24) is 16.0 Å². The fourth-order valence-electron chi connectivity index (χ4n) is 3.40. The van der Waals surface area contributed by atoms with E-state index in [1.54, 1.807) is 6.92 Å². The van der Waals surface area contributed by atoms with Crippen molar-refractivity contribution in [2.45, 2.75) is 70.1 Å². The largest absolute Gasteiger partial charge is 0.508 e. The molecular formula is C24H39N5O7. The SMILES string of the molecule is CCC(C)C(NC(=O)C(N)CCCCN)C(=O)NC(CO)C(=O)NC(Cc1ccc(O)cc1)C(=O)O. The maximum atomic E-state index is 13.0. The third kappa shape index (κ3) is 10.2. The van der Waals surface area contributed by atoms with Crippen LogP contribution in [0.15, 0.2) is 24.3 Å². The van der Waals surface area contributed by atoms with Crippen LogP contribution < -0.4 is 27.4 Å². The molecule has 0 aliphatic rings. The van der Waals surface area contributed by atoms with E-state index in [9.17, 15) is 34.5 Å². The van der Waals surface area contributed by atoms with Crippen LogP contribution in [0.25, 0.3) is 0 Å². The van der Waals surface area contributed by atoms with Crippen molar-refractivity contribution < 1.29 is 34.5 Å². The lowest BCUT2D eigenvalue weighted by Gasteiger charge is -2.27. The number of carboxylic acid groups (broad SMARTS) is 1. The summed E-state index contributed by atoms with van der Waals surface area (Å²) in [6.07, 6.45) is 2.23. The Morgan fingerprint density at radius 3 is 2.08 bits per heavy atom. The number of amides is 3. The van der Waals surface area contributed by atoms with Crippen LogP contribution in [0.1, 0.15) is 45.1 Å². The van der Waals surface area contributed by atoms with Gasteiger partial charge in [-0.05, 0) is 43.0 Å². The van der Waals surface area contributed by atoms with E-state index in [1.165, 1.54) is 24.3 Å². The number of unbranched alkanes of at least 4 members (excludes halogenated alkanes) is 1. The Balaban J connectivity index is 2.86. The number of aromatic hydroxyl groups is 1. The number of carbonyl (C=O) groups is 4. The van der Waals surface area contributed by atoms with Crippen LogP contribution in [-0.2, 0) is 25.6 Å². The van der Waals surface area contributed by atoms with E-state index in [-0.39, 0.29) is 18.1 Å². The minimum Gasteiger partial charge on any atom is -0.508 e. The van der Waals surface area contributed by atoms with E-state index < -0.39 is 54.5 Å². The lowest BCUT2D eigenvalue weighted by molar-refractivity contribution is -0.142. The van der Waals surface area contributed by atoms with Crippen LogP contribution in [0.5, 0.6) is 5.75 Å². The van der Waals surface area contributed by atoms with Gasteiger partial charge in [0.2, 0.25) is 17.7 Å². The second-order valence-electron chi connectivity index (χ2n) is 8.78. The highest BCUT2D eigenvalue weighted by atomic mass is 16.4. The number of nitrogens with one attached hydrogen (secondary N) is 3. The van der Waals surface area contributed by atoms with E-state index in [0.717, 1.165) is 0 Å². The van der Waals surface area contributed by atoms with Crippen molar-refractivity contribution in [2.75, 3.05) is 13.2 Å². The molecule has 0 aromatic heterocycles. The minimum atomic E-state index is -1.44. The molecule has 0 bridgehead atoms. The van der Waals surface area contributed by atoms with Crippen molar-refractivity contribution in [3.8, 4) is 5.75 Å². The number of nitrogens with two attached hydrogens (primary N) is 2. The normalized spacial score (nSPS) is 15.1. The molecule has 12 nitrogen and oxygen atoms in total. The highest BCUT2D eigenvalue weighted by molar-refractivity contribution is 5.94. The molecule has 5 atom stereocenters. The van der Waals surface area contributed by atoms with Gasteiger partial charge in [0.25, 0.3) is 0 Å². The summed E-state index contributed by atoms with van der Waals surface area (Å²) in [5.41, 5.74) is 11.9. The maximum Gasteiger partial charge on any atom is 0.326 e. The van der Waals surface area contributed by atoms with Crippen molar-refractivity contribution in [3.05, 3.63) is 29.8 Å². The Bertz CT molecular complexity index is 865. The fraction of sp³-hybridized carbons (Fsp3) is 0.583. The summed E-state index contributed by atoms with van der Waals surface area (Å²) in [7, 11) is 0. The Morgan fingerprint density at radius 2 is 1.56 bits per heavy atom. The minimum absolute atomic E-state index is 0.0113. The number of benzene rings is 1. The first-order valence-electron chi connectivity index (χ1n) is 12.0. The highest BCUT2D eigenvalue weighted by Gasteiger charge is 2.32. The first-order valence-corrected chi connectivity index (χ1v) is 12.0.